The van der Waals surface area contributed by atoms with Gasteiger partial charge in [-0.1, -0.05) is 6.42 Å². The first kappa shape index (κ1) is 21.2. The zero-order valence-electron chi connectivity index (χ0n) is 15.1. The lowest BCUT2D eigenvalue weighted by atomic mass is 9.68. The second-order valence-corrected chi connectivity index (χ2v) is 9.18. The van der Waals surface area contributed by atoms with Crippen molar-refractivity contribution in [1.82, 2.24) is 14.5 Å². The van der Waals surface area contributed by atoms with E-state index in [9.17, 15) is 8.42 Å². The number of hydrogen-bond acceptors (Lipinski definition) is 4. The van der Waals surface area contributed by atoms with Crippen LogP contribution in [0.5, 0.6) is 0 Å². The standard InChI is InChI=1S/C16H30N4O3S.HI/c1-2-17-15(19-8-6-16(14-19)4-3-5-16)18-7-13-24(21,22)20-9-11-23-12-10-20;/h2-14H2,1H3,(H,17,18);1H. The molecule has 146 valence electrons. The number of halogens is 1. The maximum absolute atomic E-state index is 12.4. The van der Waals surface area contributed by atoms with E-state index >= 15 is 0 Å². The fraction of sp³-hybridized carbons (Fsp3) is 0.938. The van der Waals surface area contributed by atoms with Crippen molar-refractivity contribution >= 4 is 40.0 Å². The minimum absolute atomic E-state index is 0. The van der Waals surface area contributed by atoms with Crippen LogP contribution in [0.1, 0.15) is 32.6 Å². The van der Waals surface area contributed by atoms with Crippen LogP contribution in [0.15, 0.2) is 4.99 Å². The van der Waals surface area contributed by atoms with Gasteiger partial charge in [-0.25, -0.2) is 8.42 Å². The molecule has 25 heavy (non-hydrogen) atoms. The molecule has 0 aromatic carbocycles. The molecular formula is C16H31IN4O3S. The minimum atomic E-state index is -3.23. The van der Waals surface area contributed by atoms with Gasteiger partial charge in [0.2, 0.25) is 10.0 Å². The van der Waals surface area contributed by atoms with Gasteiger partial charge in [0.05, 0.1) is 25.5 Å². The van der Waals surface area contributed by atoms with Gasteiger partial charge in [-0.2, -0.15) is 4.31 Å². The number of ether oxygens (including phenoxy) is 1. The Morgan fingerprint density at radius 1 is 1.20 bits per heavy atom. The highest BCUT2D eigenvalue weighted by molar-refractivity contribution is 14.0. The molecule has 1 aliphatic carbocycles. The van der Waals surface area contributed by atoms with Gasteiger partial charge in [0.1, 0.15) is 0 Å². The summed E-state index contributed by atoms with van der Waals surface area (Å²) in [6, 6.07) is 0. The molecule has 7 nitrogen and oxygen atoms in total. The van der Waals surface area contributed by atoms with Crippen LogP contribution in [-0.2, 0) is 14.8 Å². The molecule has 1 N–H and O–H groups in total. The van der Waals surface area contributed by atoms with E-state index in [0.29, 0.717) is 38.3 Å². The molecule has 2 saturated heterocycles. The minimum Gasteiger partial charge on any atom is -0.379 e. The molecule has 1 spiro atoms. The number of rotatable bonds is 5. The third-order valence-electron chi connectivity index (χ3n) is 5.46. The van der Waals surface area contributed by atoms with Crippen LogP contribution in [0.2, 0.25) is 0 Å². The Morgan fingerprint density at radius 3 is 2.48 bits per heavy atom. The Balaban J connectivity index is 0.00000225. The Bertz CT molecular complexity index is 560. The molecule has 9 heteroatoms. The summed E-state index contributed by atoms with van der Waals surface area (Å²) < 4.78 is 31.5. The molecule has 0 aromatic heterocycles. The Labute approximate surface area is 168 Å². The number of guanidine groups is 1. The SMILES string of the molecule is CCNC(=NCCS(=O)(=O)N1CCOCC1)N1CCC2(CCC2)C1.I. The summed E-state index contributed by atoms with van der Waals surface area (Å²) in [4.78, 5) is 6.90. The monoisotopic (exact) mass is 486 g/mol. The number of aliphatic imine (C=N–C) groups is 1. The van der Waals surface area contributed by atoms with E-state index < -0.39 is 10.0 Å². The first-order chi connectivity index (χ1) is 11.5. The second kappa shape index (κ2) is 9.18. The number of morpholine rings is 1. The highest BCUT2D eigenvalue weighted by atomic mass is 127. The molecule has 0 bridgehead atoms. The molecule has 0 unspecified atom stereocenters. The molecule has 0 atom stereocenters. The van der Waals surface area contributed by atoms with E-state index in [1.807, 2.05) is 0 Å². The lowest BCUT2D eigenvalue weighted by molar-refractivity contribution is 0.0731. The molecule has 1 saturated carbocycles. The third kappa shape index (κ3) is 5.20. The van der Waals surface area contributed by atoms with Crippen LogP contribution in [0, 0.1) is 5.41 Å². The lowest BCUT2D eigenvalue weighted by Gasteiger charge is -2.38. The normalized spacial score (nSPS) is 24.0. The molecule has 2 heterocycles. The van der Waals surface area contributed by atoms with Gasteiger partial charge in [0.15, 0.2) is 5.96 Å². The summed E-state index contributed by atoms with van der Waals surface area (Å²) in [6.45, 7) is 7.15. The van der Waals surface area contributed by atoms with Crippen molar-refractivity contribution in [2.45, 2.75) is 32.6 Å². The van der Waals surface area contributed by atoms with Crippen molar-refractivity contribution in [2.75, 3.05) is 58.2 Å². The average Bonchev–Trinajstić information content (AvgIpc) is 3.01. The van der Waals surface area contributed by atoms with E-state index in [-0.39, 0.29) is 29.7 Å². The first-order valence-electron chi connectivity index (χ1n) is 9.14. The zero-order valence-corrected chi connectivity index (χ0v) is 18.2. The molecule has 0 radical (unpaired) electrons. The first-order valence-corrected chi connectivity index (χ1v) is 10.7. The van der Waals surface area contributed by atoms with Crippen LogP contribution in [-0.4, -0.2) is 81.8 Å². The van der Waals surface area contributed by atoms with Gasteiger partial charge < -0.3 is 15.0 Å². The number of hydrogen-bond donors (Lipinski definition) is 1. The van der Waals surface area contributed by atoms with Crippen LogP contribution >= 0.6 is 24.0 Å². The van der Waals surface area contributed by atoms with Crippen LogP contribution in [0.25, 0.3) is 0 Å². The zero-order chi connectivity index (χ0) is 17.0. The largest absolute Gasteiger partial charge is 0.379 e. The van der Waals surface area contributed by atoms with Gasteiger partial charge in [-0.3, -0.25) is 4.99 Å². The summed E-state index contributed by atoms with van der Waals surface area (Å²) in [7, 11) is -3.23. The number of nitrogens with zero attached hydrogens (tertiary/aromatic N) is 3. The van der Waals surface area contributed by atoms with Gasteiger partial charge in [-0.15, -0.1) is 24.0 Å². The van der Waals surface area contributed by atoms with E-state index in [0.717, 1.165) is 25.6 Å². The van der Waals surface area contributed by atoms with Crippen LogP contribution < -0.4 is 5.32 Å². The van der Waals surface area contributed by atoms with E-state index in [2.05, 4.69) is 22.1 Å². The summed E-state index contributed by atoms with van der Waals surface area (Å²) in [6.07, 6.45) is 5.24. The molecule has 0 amide bonds. The fourth-order valence-corrected chi connectivity index (χ4v) is 5.13. The summed E-state index contributed by atoms with van der Waals surface area (Å²) in [5.41, 5.74) is 0.510. The Kier molecular flexibility index (Phi) is 7.78. The quantitative estimate of drug-likeness (QED) is 0.358. The lowest BCUT2D eigenvalue weighted by Crippen LogP contribution is -2.44. The highest BCUT2D eigenvalue weighted by Crippen LogP contribution is 2.47. The molecule has 0 aromatic rings. The van der Waals surface area contributed by atoms with E-state index in [1.165, 1.54) is 30.0 Å². The third-order valence-corrected chi connectivity index (χ3v) is 7.31. The van der Waals surface area contributed by atoms with Crippen molar-refractivity contribution in [3.63, 3.8) is 0 Å². The van der Waals surface area contributed by atoms with Crippen molar-refractivity contribution in [3.8, 4) is 0 Å². The number of sulfonamides is 1. The smallest absolute Gasteiger partial charge is 0.216 e. The van der Waals surface area contributed by atoms with E-state index in [4.69, 9.17) is 4.74 Å². The Morgan fingerprint density at radius 2 is 1.92 bits per heavy atom. The van der Waals surface area contributed by atoms with Crippen molar-refractivity contribution in [2.24, 2.45) is 10.4 Å². The van der Waals surface area contributed by atoms with Crippen molar-refractivity contribution in [1.29, 1.82) is 0 Å². The average molecular weight is 486 g/mol. The maximum atomic E-state index is 12.4. The second-order valence-electron chi connectivity index (χ2n) is 7.09. The topological polar surface area (TPSA) is 74.2 Å². The molecule has 3 fully saturated rings. The predicted molar refractivity (Wildman–Crippen MR) is 110 cm³/mol. The summed E-state index contributed by atoms with van der Waals surface area (Å²) >= 11 is 0. The summed E-state index contributed by atoms with van der Waals surface area (Å²) in [5.74, 6) is 0.944. The van der Waals surface area contributed by atoms with Gasteiger partial charge in [0, 0.05) is 32.7 Å². The Hall–Kier alpha value is -0.130. The number of nitrogens with one attached hydrogen (secondary N) is 1. The van der Waals surface area contributed by atoms with Gasteiger partial charge in [-0.05, 0) is 31.6 Å². The van der Waals surface area contributed by atoms with Crippen molar-refractivity contribution < 1.29 is 13.2 Å². The van der Waals surface area contributed by atoms with E-state index in [1.54, 1.807) is 0 Å². The molecule has 2 aliphatic heterocycles. The number of likely N-dealkylation sites (tertiary alicyclic amines) is 1. The molecule has 3 rings (SSSR count). The highest BCUT2D eigenvalue weighted by Gasteiger charge is 2.43. The molecule has 3 aliphatic rings. The van der Waals surface area contributed by atoms with Crippen LogP contribution in [0.3, 0.4) is 0 Å². The van der Waals surface area contributed by atoms with Gasteiger partial charge in [0.25, 0.3) is 0 Å². The van der Waals surface area contributed by atoms with Crippen LogP contribution in [0.4, 0.5) is 0 Å². The molecular weight excluding hydrogens is 455 g/mol. The fourth-order valence-electron chi connectivity index (χ4n) is 3.85. The van der Waals surface area contributed by atoms with Gasteiger partial charge >= 0.3 is 0 Å². The maximum Gasteiger partial charge on any atom is 0.216 e. The predicted octanol–water partition coefficient (Wildman–Crippen LogP) is 1.11. The summed E-state index contributed by atoms with van der Waals surface area (Å²) in [5, 5.41) is 3.32. The van der Waals surface area contributed by atoms with Crippen molar-refractivity contribution in [3.05, 3.63) is 0 Å².